The number of benzene rings is 1. The van der Waals surface area contributed by atoms with Crippen LogP contribution in [0.2, 0.25) is 0 Å². The normalized spacial score (nSPS) is 22.9. The highest BCUT2D eigenvalue weighted by atomic mass is 32.2. The van der Waals surface area contributed by atoms with Crippen molar-refractivity contribution in [2.24, 2.45) is 5.92 Å². The lowest BCUT2D eigenvalue weighted by Crippen LogP contribution is -2.56. The van der Waals surface area contributed by atoms with Crippen molar-refractivity contribution in [1.29, 1.82) is 0 Å². The molecule has 32 heavy (non-hydrogen) atoms. The number of halogens is 6. The topological polar surface area (TPSA) is 77.5 Å². The minimum absolute atomic E-state index is 0.0348. The molecule has 0 N–H and O–H groups in total. The van der Waals surface area contributed by atoms with Gasteiger partial charge >= 0.3 is 12.4 Å². The zero-order chi connectivity index (χ0) is 24.4. The van der Waals surface area contributed by atoms with Gasteiger partial charge in [0.2, 0.25) is 0 Å². The van der Waals surface area contributed by atoms with Gasteiger partial charge in [-0.15, -0.1) is 0 Å². The molecule has 1 saturated carbocycles. The third kappa shape index (κ3) is 4.57. The quantitative estimate of drug-likeness (QED) is 0.195. The average Bonchev–Trinajstić information content (AvgIpc) is 2.70. The van der Waals surface area contributed by atoms with Crippen LogP contribution in [0.25, 0.3) is 0 Å². The first-order valence-electron chi connectivity index (χ1n) is 9.77. The van der Waals surface area contributed by atoms with Gasteiger partial charge in [-0.1, -0.05) is 37.6 Å². The molecule has 0 bridgehead atoms. The fourth-order valence-electron chi connectivity index (χ4n) is 3.87. The number of alkyl halides is 6. The van der Waals surface area contributed by atoms with Gasteiger partial charge in [-0.2, -0.15) is 26.3 Å². The summed E-state index contributed by atoms with van der Waals surface area (Å²) in [6, 6.07) is 2.78. The maximum atomic E-state index is 13.8. The number of hydrogen-bond acceptors (Lipinski definition) is 5. The van der Waals surface area contributed by atoms with Crippen molar-refractivity contribution < 1.29 is 49.1 Å². The number of carbonyl (C=O) groups excluding carboxylic acids is 2. The van der Waals surface area contributed by atoms with Gasteiger partial charge in [-0.05, 0) is 24.8 Å². The molecule has 0 saturated heterocycles. The van der Waals surface area contributed by atoms with Gasteiger partial charge in [0.1, 0.15) is 22.8 Å². The van der Waals surface area contributed by atoms with E-state index in [4.69, 9.17) is 0 Å². The molecule has 0 heterocycles. The molecule has 12 heteroatoms. The van der Waals surface area contributed by atoms with Crippen molar-refractivity contribution in [3.8, 4) is 0 Å². The lowest BCUT2D eigenvalue weighted by atomic mass is 9.76. The Bertz CT molecular complexity index is 885. The van der Waals surface area contributed by atoms with E-state index < -0.39 is 63.7 Å². The van der Waals surface area contributed by atoms with Crippen molar-refractivity contribution in [2.75, 3.05) is 6.61 Å². The Balaban J connectivity index is 2.59. The maximum absolute atomic E-state index is 13.8. The average molecular weight is 488 g/mol. The van der Waals surface area contributed by atoms with Gasteiger partial charge < -0.3 is 9.53 Å². The number of thiol groups is 1. The van der Waals surface area contributed by atoms with Crippen LogP contribution in [0.15, 0.2) is 24.3 Å². The van der Waals surface area contributed by atoms with E-state index in [1.807, 2.05) is 0 Å². The van der Waals surface area contributed by atoms with E-state index in [2.05, 4.69) is 4.74 Å². The Morgan fingerprint density at radius 2 is 1.66 bits per heavy atom. The van der Waals surface area contributed by atoms with Crippen LogP contribution < -0.4 is 0 Å². The van der Waals surface area contributed by atoms with Crippen molar-refractivity contribution in [1.82, 2.24) is 0 Å². The molecular formula is C20H22F6O5S. The number of rotatable bonds is 8. The lowest BCUT2D eigenvalue weighted by molar-refractivity contribution is -0.389. The Labute approximate surface area is 182 Å². The molecule has 0 amide bonds. The number of unbranched alkanes of at least 4 members (excludes halogenated alkanes) is 1. The first kappa shape index (κ1) is 26.3. The Kier molecular flexibility index (Phi) is 7.81. The molecule has 0 aliphatic heterocycles. The lowest BCUT2D eigenvalue weighted by Gasteiger charge is -2.38. The summed E-state index contributed by atoms with van der Waals surface area (Å²) in [5.41, 5.74) is -5.93. The minimum atomic E-state index is -5.85. The van der Waals surface area contributed by atoms with Crippen LogP contribution in [0.3, 0.4) is 0 Å². The fourth-order valence-corrected chi connectivity index (χ4v) is 4.87. The number of ketones is 1. The van der Waals surface area contributed by atoms with E-state index in [9.17, 15) is 44.3 Å². The molecule has 0 aromatic heterocycles. The highest BCUT2D eigenvalue weighted by Gasteiger charge is 2.73. The van der Waals surface area contributed by atoms with Gasteiger partial charge in [-0.25, -0.2) is 8.42 Å². The summed E-state index contributed by atoms with van der Waals surface area (Å²) >= 11 is 0. The van der Waals surface area contributed by atoms with Crippen molar-refractivity contribution >= 4 is 22.8 Å². The Morgan fingerprint density at radius 1 is 1.09 bits per heavy atom. The van der Waals surface area contributed by atoms with E-state index in [1.165, 1.54) is 0 Å². The second kappa shape index (κ2) is 9.50. The molecule has 2 rings (SSSR count). The monoisotopic (exact) mass is 488 g/mol. The van der Waals surface area contributed by atoms with Crippen LogP contribution in [-0.4, -0.2) is 39.4 Å². The summed E-state index contributed by atoms with van der Waals surface area (Å²) in [6.45, 7) is 0.781. The second-order valence-electron chi connectivity index (χ2n) is 7.66. The van der Waals surface area contributed by atoms with Crippen molar-refractivity contribution in [3.63, 3.8) is 0 Å². The smallest absolute Gasteiger partial charge is 0.354 e. The van der Waals surface area contributed by atoms with E-state index in [0.29, 0.717) is 24.8 Å². The largest absolute Gasteiger partial charge is 0.430 e. The van der Waals surface area contributed by atoms with Crippen molar-refractivity contribution in [2.45, 2.75) is 61.7 Å². The van der Waals surface area contributed by atoms with Gasteiger partial charge in [0.25, 0.3) is 5.60 Å². The highest BCUT2D eigenvalue weighted by Crippen LogP contribution is 2.53. The highest BCUT2D eigenvalue weighted by molar-refractivity contribution is 7.73. The predicted molar refractivity (Wildman–Crippen MR) is 101 cm³/mol. The third-order valence-corrected chi connectivity index (χ3v) is 7.08. The third-order valence-electron chi connectivity index (χ3n) is 5.71. The molecule has 1 aliphatic rings. The molecule has 0 radical (unpaired) electrons. The standard InChI is InChI=1S/C20H22F6O5S/c1-2-3-10-31-18(19(21,22)23,20(24,25)26)15-6-4-14(5-7-15)17(32(29)30)9-8-16(28)13(11-17)12-27/h4-7,12-13,32H,2-3,8-11H2,1H3. The maximum Gasteiger partial charge on any atom is 0.430 e. The first-order chi connectivity index (χ1) is 14.8. The molecule has 1 aromatic carbocycles. The van der Waals surface area contributed by atoms with E-state index >= 15 is 0 Å². The molecular weight excluding hydrogens is 466 g/mol. The molecule has 5 nitrogen and oxygen atoms in total. The van der Waals surface area contributed by atoms with Gasteiger partial charge in [-0.3, -0.25) is 4.79 Å². The number of hydrogen-bond donors (Lipinski definition) is 1. The van der Waals surface area contributed by atoms with Crippen molar-refractivity contribution in [3.05, 3.63) is 35.4 Å². The molecule has 180 valence electrons. The molecule has 0 spiro atoms. The number of Topliss-reactive ketones (excluding diaryl/α,β-unsaturated/α-hetero) is 1. The fraction of sp³-hybridized carbons (Fsp3) is 0.600. The zero-order valence-electron chi connectivity index (χ0n) is 17.0. The number of ether oxygens (including phenoxy) is 1. The van der Waals surface area contributed by atoms with Gasteiger partial charge in [0.05, 0.1) is 10.7 Å². The van der Waals surface area contributed by atoms with Gasteiger partial charge in [0.15, 0.2) is 0 Å². The summed E-state index contributed by atoms with van der Waals surface area (Å²) in [4.78, 5) is 23.0. The van der Waals surface area contributed by atoms with E-state index in [0.717, 1.165) is 12.1 Å². The van der Waals surface area contributed by atoms with E-state index in [-0.39, 0.29) is 24.8 Å². The molecule has 2 atom stereocenters. The van der Waals surface area contributed by atoms with Crippen LogP contribution in [0, 0.1) is 5.92 Å². The number of carbonyl (C=O) groups is 2. The second-order valence-corrected chi connectivity index (χ2v) is 9.03. The van der Waals surface area contributed by atoms with Gasteiger partial charge in [0, 0.05) is 18.6 Å². The minimum Gasteiger partial charge on any atom is -0.354 e. The summed E-state index contributed by atoms with van der Waals surface area (Å²) in [5, 5.41) is 0. The molecule has 1 aliphatic carbocycles. The number of aldehydes is 1. The van der Waals surface area contributed by atoms with Crippen LogP contribution in [-0.2, 0) is 35.4 Å². The van der Waals surface area contributed by atoms with Crippen LogP contribution in [0.4, 0.5) is 26.3 Å². The summed E-state index contributed by atoms with van der Waals surface area (Å²) in [6.07, 6.45) is -12.0. The molecule has 1 fully saturated rings. The summed E-state index contributed by atoms with van der Waals surface area (Å²) in [5.74, 6) is -1.69. The molecule has 1 aromatic rings. The predicted octanol–water partition coefficient (Wildman–Crippen LogP) is 4.20. The summed E-state index contributed by atoms with van der Waals surface area (Å²) < 4.78 is 109. The summed E-state index contributed by atoms with van der Waals surface area (Å²) in [7, 11) is -3.31. The SMILES string of the molecule is CCCCOC(c1ccc(C2([SH](=O)=O)CCC(=O)C(C=O)C2)cc1)(C(F)(F)F)C(F)(F)F. The molecule has 2 unspecified atom stereocenters. The van der Waals surface area contributed by atoms with Crippen LogP contribution in [0.1, 0.15) is 50.2 Å². The van der Waals surface area contributed by atoms with Crippen LogP contribution in [0.5, 0.6) is 0 Å². The Morgan fingerprint density at radius 3 is 2.09 bits per heavy atom. The zero-order valence-corrected chi connectivity index (χ0v) is 17.9. The first-order valence-corrected chi connectivity index (χ1v) is 11.0. The van der Waals surface area contributed by atoms with Crippen LogP contribution >= 0.6 is 0 Å². The Hall–Kier alpha value is -1.95. The van der Waals surface area contributed by atoms with E-state index in [1.54, 1.807) is 6.92 Å².